The number of aromatic nitrogens is 4. The molecule has 5 nitrogen and oxygen atoms in total. The number of nitriles is 1. The summed E-state index contributed by atoms with van der Waals surface area (Å²) < 4.78 is 4.75. The van der Waals surface area contributed by atoms with Gasteiger partial charge in [-0.1, -0.05) is 158 Å². The number of nitrogens with zero attached hydrogens (tertiary/aromatic N) is 5. The lowest BCUT2D eigenvalue weighted by atomic mass is 9.97. The predicted molar refractivity (Wildman–Crippen MR) is 237 cm³/mol. The summed E-state index contributed by atoms with van der Waals surface area (Å²) in [5.74, 6) is 0.539. The van der Waals surface area contributed by atoms with E-state index in [1.807, 2.05) is 66.7 Å². The summed E-state index contributed by atoms with van der Waals surface area (Å²) in [6.45, 7) is 0. The van der Waals surface area contributed by atoms with Gasteiger partial charge in [0.2, 0.25) is 0 Å². The lowest BCUT2D eigenvalue weighted by Crippen LogP contribution is -2.05. The molecule has 0 saturated carbocycles. The maximum atomic E-state index is 10.7. The van der Waals surface area contributed by atoms with Gasteiger partial charge in [0.05, 0.1) is 39.1 Å². The standard InChI is InChI=1S/C53H33N5/c54-34-45-50(36-19-6-2-7-20-36)55-53(56-51(45)37-21-8-3-9-22-37)43-27-16-26-39(35-17-4-1-5-18-35)52(43)58-48-30-15-12-25-42(48)44-33-38(31-32-49(44)58)57-46-28-13-10-23-40(46)41-24-11-14-29-47(41)57/h1-33H. The average Bonchev–Trinajstić information content (AvgIpc) is 3.81. The van der Waals surface area contributed by atoms with Crippen LogP contribution >= 0.6 is 0 Å². The average molecular weight is 740 g/mol. The van der Waals surface area contributed by atoms with Crippen LogP contribution in [0.5, 0.6) is 0 Å². The third kappa shape index (κ3) is 5.24. The van der Waals surface area contributed by atoms with Crippen LogP contribution in [0.2, 0.25) is 0 Å². The van der Waals surface area contributed by atoms with Crippen molar-refractivity contribution in [2.75, 3.05) is 0 Å². The van der Waals surface area contributed by atoms with Crippen LogP contribution in [0.4, 0.5) is 0 Å². The minimum absolute atomic E-state index is 0.441. The fourth-order valence-electron chi connectivity index (χ4n) is 8.65. The van der Waals surface area contributed by atoms with Gasteiger partial charge in [0.15, 0.2) is 5.82 Å². The first-order chi connectivity index (χ1) is 28.8. The summed E-state index contributed by atoms with van der Waals surface area (Å²) in [7, 11) is 0. The van der Waals surface area contributed by atoms with Crippen LogP contribution in [0.1, 0.15) is 5.56 Å². The molecule has 0 aliphatic carbocycles. The molecule has 270 valence electrons. The van der Waals surface area contributed by atoms with Crippen molar-refractivity contribution < 1.29 is 0 Å². The normalized spacial score (nSPS) is 11.4. The number of hydrogen-bond donors (Lipinski definition) is 0. The topological polar surface area (TPSA) is 59.4 Å². The minimum Gasteiger partial charge on any atom is -0.309 e. The Balaban J connectivity index is 1.23. The van der Waals surface area contributed by atoms with Gasteiger partial charge in [0.1, 0.15) is 11.6 Å². The van der Waals surface area contributed by atoms with Crippen molar-refractivity contribution in [2.24, 2.45) is 0 Å². The number of fused-ring (bicyclic) bond motifs is 6. The van der Waals surface area contributed by atoms with Crippen molar-refractivity contribution in [3.63, 3.8) is 0 Å². The van der Waals surface area contributed by atoms with Crippen LogP contribution in [0, 0.1) is 11.3 Å². The van der Waals surface area contributed by atoms with Crippen LogP contribution in [-0.4, -0.2) is 19.1 Å². The molecular formula is C53H33N5. The van der Waals surface area contributed by atoms with Crippen molar-refractivity contribution in [2.45, 2.75) is 0 Å². The van der Waals surface area contributed by atoms with E-state index in [4.69, 9.17) is 9.97 Å². The third-order valence-electron chi connectivity index (χ3n) is 11.2. The molecule has 0 bridgehead atoms. The van der Waals surface area contributed by atoms with Crippen LogP contribution in [0.15, 0.2) is 200 Å². The van der Waals surface area contributed by atoms with Crippen molar-refractivity contribution >= 4 is 43.6 Å². The molecule has 11 rings (SSSR count). The second kappa shape index (κ2) is 13.6. The number of benzene rings is 8. The molecule has 58 heavy (non-hydrogen) atoms. The smallest absolute Gasteiger partial charge is 0.162 e. The van der Waals surface area contributed by atoms with Crippen LogP contribution < -0.4 is 0 Å². The summed E-state index contributed by atoms with van der Waals surface area (Å²) in [6.07, 6.45) is 0. The first-order valence-electron chi connectivity index (χ1n) is 19.4. The predicted octanol–water partition coefficient (Wildman–Crippen LogP) is 13.2. The van der Waals surface area contributed by atoms with Crippen molar-refractivity contribution in [1.82, 2.24) is 19.1 Å². The highest BCUT2D eigenvalue weighted by Crippen LogP contribution is 2.43. The van der Waals surface area contributed by atoms with Crippen molar-refractivity contribution in [3.8, 4) is 62.5 Å². The van der Waals surface area contributed by atoms with E-state index in [1.165, 1.54) is 21.8 Å². The van der Waals surface area contributed by atoms with E-state index in [0.717, 1.165) is 61.0 Å². The van der Waals surface area contributed by atoms with Gasteiger partial charge in [-0.15, -0.1) is 0 Å². The molecular weight excluding hydrogens is 707 g/mol. The molecule has 0 unspecified atom stereocenters. The highest BCUT2D eigenvalue weighted by molar-refractivity contribution is 6.13. The monoisotopic (exact) mass is 739 g/mol. The van der Waals surface area contributed by atoms with E-state index in [2.05, 4.69) is 149 Å². The SMILES string of the molecule is N#Cc1c(-c2ccccc2)nc(-c2cccc(-c3ccccc3)c2-n2c3ccccc3c3cc(-n4c5ccccc5c5ccccc54)ccc32)nc1-c1ccccc1. The second-order valence-corrected chi connectivity index (χ2v) is 14.5. The van der Waals surface area contributed by atoms with Crippen LogP contribution in [0.25, 0.3) is 100 Å². The molecule has 0 saturated heterocycles. The van der Waals surface area contributed by atoms with E-state index < -0.39 is 0 Å². The Hall–Kier alpha value is -8.07. The molecule has 0 aliphatic rings. The molecule has 0 atom stereocenters. The lowest BCUT2D eigenvalue weighted by Gasteiger charge is -2.20. The number of para-hydroxylation sites is 4. The molecule has 11 aromatic rings. The number of hydrogen-bond acceptors (Lipinski definition) is 3. The maximum Gasteiger partial charge on any atom is 0.162 e. The van der Waals surface area contributed by atoms with E-state index in [0.29, 0.717) is 22.8 Å². The third-order valence-corrected chi connectivity index (χ3v) is 11.2. The molecule has 0 fully saturated rings. The molecule has 0 amide bonds. The Bertz CT molecular complexity index is 3280. The van der Waals surface area contributed by atoms with E-state index in [-0.39, 0.29) is 0 Å². The minimum atomic E-state index is 0.441. The van der Waals surface area contributed by atoms with Gasteiger partial charge in [-0.05, 0) is 48.0 Å². The summed E-state index contributed by atoms with van der Waals surface area (Å²) >= 11 is 0. The Morgan fingerprint density at radius 1 is 0.379 bits per heavy atom. The number of rotatable bonds is 6. The fraction of sp³-hybridized carbons (Fsp3) is 0. The zero-order valence-electron chi connectivity index (χ0n) is 31.3. The van der Waals surface area contributed by atoms with Gasteiger partial charge in [0.25, 0.3) is 0 Å². The molecule has 0 aliphatic heterocycles. The highest BCUT2D eigenvalue weighted by atomic mass is 15.0. The summed E-state index contributed by atoms with van der Waals surface area (Å²) in [5, 5.41) is 15.4. The van der Waals surface area contributed by atoms with E-state index in [9.17, 15) is 5.26 Å². The highest BCUT2D eigenvalue weighted by Gasteiger charge is 2.25. The summed E-state index contributed by atoms with van der Waals surface area (Å²) in [5.41, 5.74) is 12.9. The molecule has 0 radical (unpaired) electrons. The molecule has 8 aromatic carbocycles. The summed E-state index contributed by atoms with van der Waals surface area (Å²) in [4.78, 5) is 10.6. The quantitative estimate of drug-likeness (QED) is 0.171. The van der Waals surface area contributed by atoms with Crippen molar-refractivity contribution in [1.29, 1.82) is 5.26 Å². The molecule has 3 aromatic heterocycles. The summed E-state index contributed by atoms with van der Waals surface area (Å²) in [6, 6.07) is 72.0. The van der Waals surface area contributed by atoms with E-state index >= 15 is 0 Å². The Kier molecular flexibility index (Phi) is 7.80. The Morgan fingerprint density at radius 2 is 0.828 bits per heavy atom. The second-order valence-electron chi connectivity index (χ2n) is 14.5. The molecule has 0 spiro atoms. The van der Waals surface area contributed by atoms with Gasteiger partial charge < -0.3 is 9.13 Å². The first-order valence-corrected chi connectivity index (χ1v) is 19.4. The first kappa shape index (κ1) is 33.3. The maximum absolute atomic E-state index is 10.7. The van der Waals surface area contributed by atoms with Gasteiger partial charge in [0, 0.05) is 49.5 Å². The van der Waals surface area contributed by atoms with Crippen LogP contribution in [-0.2, 0) is 0 Å². The van der Waals surface area contributed by atoms with Crippen LogP contribution in [0.3, 0.4) is 0 Å². The van der Waals surface area contributed by atoms with Gasteiger partial charge in [-0.2, -0.15) is 5.26 Å². The van der Waals surface area contributed by atoms with Gasteiger partial charge in [-0.25, -0.2) is 9.97 Å². The van der Waals surface area contributed by atoms with Gasteiger partial charge in [-0.3, -0.25) is 0 Å². The fourth-order valence-corrected chi connectivity index (χ4v) is 8.65. The lowest BCUT2D eigenvalue weighted by molar-refractivity contribution is 1.13. The van der Waals surface area contributed by atoms with Crippen molar-refractivity contribution in [3.05, 3.63) is 206 Å². The zero-order chi connectivity index (χ0) is 38.6. The Labute approximate surface area is 335 Å². The molecule has 5 heteroatoms. The molecule has 3 heterocycles. The molecule has 0 N–H and O–H groups in total. The van der Waals surface area contributed by atoms with Gasteiger partial charge >= 0.3 is 0 Å². The Morgan fingerprint density at radius 3 is 1.38 bits per heavy atom. The zero-order valence-corrected chi connectivity index (χ0v) is 31.3. The van der Waals surface area contributed by atoms with E-state index in [1.54, 1.807) is 0 Å². The largest absolute Gasteiger partial charge is 0.309 e.